The lowest BCUT2D eigenvalue weighted by Gasteiger charge is -2.35. The van der Waals surface area contributed by atoms with Crippen molar-refractivity contribution >= 4 is 11.7 Å². The van der Waals surface area contributed by atoms with Crippen LogP contribution in [0.25, 0.3) is 5.69 Å². The first-order chi connectivity index (χ1) is 16.3. The van der Waals surface area contributed by atoms with Gasteiger partial charge in [-0.2, -0.15) is 5.10 Å². The maximum Gasteiger partial charge on any atom is 0.254 e. The minimum atomic E-state index is -0.401. The van der Waals surface area contributed by atoms with E-state index in [1.807, 2.05) is 34.7 Å². The molecule has 6 nitrogen and oxygen atoms in total. The van der Waals surface area contributed by atoms with Gasteiger partial charge in [0.2, 0.25) is 0 Å². The molecule has 180 valence electrons. The number of anilines is 1. The molecule has 0 saturated carbocycles. The number of hydrogen-bond donors (Lipinski definition) is 0. The molecule has 0 atom stereocenters. The average Bonchev–Trinajstić information content (AvgIpc) is 3.15. The van der Waals surface area contributed by atoms with Gasteiger partial charge >= 0.3 is 0 Å². The van der Waals surface area contributed by atoms with Gasteiger partial charge in [0.1, 0.15) is 11.6 Å². The van der Waals surface area contributed by atoms with E-state index < -0.39 is 5.82 Å². The summed E-state index contributed by atoms with van der Waals surface area (Å²) >= 11 is 0. The minimum absolute atomic E-state index is 0.163. The number of aryl methyl sites for hydroxylation is 1. The van der Waals surface area contributed by atoms with Gasteiger partial charge in [0.15, 0.2) is 0 Å². The third kappa shape index (κ3) is 5.30. The van der Waals surface area contributed by atoms with Gasteiger partial charge in [-0.3, -0.25) is 4.79 Å². The number of rotatable bonds is 7. The van der Waals surface area contributed by atoms with Crippen LogP contribution < -0.4 is 4.90 Å². The lowest BCUT2D eigenvalue weighted by atomic mass is 10.1. The third-order valence-corrected chi connectivity index (χ3v) is 6.25. The summed E-state index contributed by atoms with van der Waals surface area (Å²) < 4.78 is 15.9. The van der Waals surface area contributed by atoms with E-state index >= 15 is 0 Å². The summed E-state index contributed by atoms with van der Waals surface area (Å²) in [5, 5.41) is 4.92. The molecule has 2 heterocycles. The van der Waals surface area contributed by atoms with Gasteiger partial charge in [0.25, 0.3) is 5.91 Å². The summed E-state index contributed by atoms with van der Waals surface area (Å²) in [4.78, 5) is 20.0. The molecule has 0 radical (unpaired) electrons. The predicted molar refractivity (Wildman–Crippen MR) is 134 cm³/mol. The highest BCUT2D eigenvalue weighted by molar-refractivity contribution is 5.94. The molecule has 0 unspecified atom stereocenters. The average molecular weight is 464 g/mol. The summed E-state index contributed by atoms with van der Waals surface area (Å²) in [5.74, 6) is 0.748. The highest BCUT2D eigenvalue weighted by Gasteiger charge is 2.28. The molecule has 1 fully saturated rings. The molecule has 4 rings (SSSR count). The van der Waals surface area contributed by atoms with Gasteiger partial charge < -0.3 is 14.7 Å². The predicted octanol–water partition coefficient (Wildman–Crippen LogP) is 4.37. The molecule has 0 N–H and O–H groups in total. The van der Waals surface area contributed by atoms with Crippen molar-refractivity contribution in [2.75, 3.05) is 44.7 Å². The number of nitrogens with zero attached hydrogens (tertiary/aromatic N) is 5. The highest BCUT2D eigenvalue weighted by atomic mass is 19.1. The van der Waals surface area contributed by atoms with E-state index in [1.165, 1.54) is 12.1 Å². The van der Waals surface area contributed by atoms with Crippen LogP contribution in [0.3, 0.4) is 0 Å². The van der Waals surface area contributed by atoms with Gasteiger partial charge in [0, 0.05) is 43.9 Å². The molecule has 3 aromatic rings. The Balaban J connectivity index is 1.75. The smallest absolute Gasteiger partial charge is 0.254 e. The Kier molecular flexibility index (Phi) is 7.32. The zero-order valence-corrected chi connectivity index (χ0v) is 20.5. The number of para-hydroxylation sites is 1. The van der Waals surface area contributed by atoms with Gasteiger partial charge in [-0.15, -0.1) is 0 Å². The van der Waals surface area contributed by atoms with Crippen molar-refractivity contribution in [2.24, 2.45) is 5.92 Å². The Bertz CT molecular complexity index is 1120. The largest absolute Gasteiger partial charge is 0.354 e. The number of halogens is 1. The highest BCUT2D eigenvalue weighted by Crippen LogP contribution is 2.30. The summed E-state index contributed by atoms with van der Waals surface area (Å²) in [6.07, 6.45) is 0. The second-order valence-corrected chi connectivity index (χ2v) is 9.52. The van der Waals surface area contributed by atoms with E-state index in [0.29, 0.717) is 18.7 Å². The van der Waals surface area contributed by atoms with E-state index in [4.69, 9.17) is 5.10 Å². The molecular weight excluding hydrogens is 429 g/mol. The van der Waals surface area contributed by atoms with Crippen LogP contribution in [0.4, 0.5) is 10.2 Å². The molecule has 7 heteroatoms. The van der Waals surface area contributed by atoms with Gasteiger partial charge in [0.05, 0.1) is 17.9 Å². The number of amides is 1. The topological polar surface area (TPSA) is 44.6 Å². The van der Waals surface area contributed by atoms with E-state index in [9.17, 15) is 9.18 Å². The lowest BCUT2D eigenvalue weighted by Crippen LogP contribution is -2.45. The number of carbonyl (C=O) groups is 1. The molecule has 0 bridgehead atoms. The summed E-state index contributed by atoms with van der Waals surface area (Å²) in [6, 6.07) is 16.1. The fourth-order valence-electron chi connectivity index (χ4n) is 4.48. The Labute approximate surface area is 201 Å². The van der Waals surface area contributed by atoms with E-state index in [2.05, 4.69) is 42.8 Å². The van der Waals surface area contributed by atoms with Crippen molar-refractivity contribution in [1.82, 2.24) is 19.6 Å². The van der Waals surface area contributed by atoms with Crippen molar-refractivity contribution in [3.63, 3.8) is 0 Å². The molecule has 1 aliphatic heterocycles. The van der Waals surface area contributed by atoms with Crippen LogP contribution in [-0.4, -0.2) is 65.3 Å². The Morgan fingerprint density at radius 3 is 2.41 bits per heavy atom. The molecular formula is C27H34FN5O. The van der Waals surface area contributed by atoms with E-state index in [1.54, 1.807) is 12.1 Å². The standard InChI is InChI=1S/C27H34FN5O/c1-20(2)18-32(27(34)22-9-8-10-23(28)17-22)19-25-21(3)29-33(24-11-6-5-7-12-24)26(25)31-15-13-30(4)14-16-31/h5-12,17,20H,13-16,18-19H2,1-4H3. The van der Waals surface area contributed by atoms with Gasteiger partial charge in [-0.25, -0.2) is 9.07 Å². The number of benzene rings is 2. The van der Waals surface area contributed by atoms with Crippen molar-refractivity contribution in [1.29, 1.82) is 0 Å². The molecule has 1 saturated heterocycles. The number of hydrogen-bond acceptors (Lipinski definition) is 4. The summed E-state index contributed by atoms with van der Waals surface area (Å²) in [6.45, 7) is 10.9. The number of likely N-dealkylation sites (N-methyl/N-ethyl adjacent to an activating group) is 1. The van der Waals surface area contributed by atoms with E-state index in [-0.39, 0.29) is 11.8 Å². The quantitative estimate of drug-likeness (QED) is 0.522. The zero-order chi connectivity index (χ0) is 24.2. The van der Waals surface area contributed by atoms with E-state index in [0.717, 1.165) is 48.9 Å². The first-order valence-corrected chi connectivity index (χ1v) is 12.0. The fourth-order valence-corrected chi connectivity index (χ4v) is 4.48. The second kappa shape index (κ2) is 10.4. The van der Waals surface area contributed by atoms with Crippen LogP contribution in [0.5, 0.6) is 0 Å². The van der Waals surface area contributed by atoms with Crippen molar-refractivity contribution in [3.05, 3.63) is 77.2 Å². The zero-order valence-electron chi connectivity index (χ0n) is 20.5. The molecule has 0 aliphatic carbocycles. The van der Waals surface area contributed by atoms with Crippen molar-refractivity contribution < 1.29 is 9.18 Å². The molecule has 0 spiro atoms. The first kappa shape index (κ1) is 24.0. The van der Waals surface area contributed by atoms with Crippen LogP contribution in [0.2, 0.25) is 0 Å². The Morgan fingerprint density at radius 1 is 1.06 bits per heavy atom. The first-order valence-electron chi connectivity index (χ1n) is 12.0. The SMILES string of the molecule is Cc1nn(-c2ccccc2)c(N2CCN(C)CC2)c1CN(CC(C)C)C(=O)c1cccc(F)c1. The number of carbonyl (C=O) groups excluding carboxylic acids is 1. The maximum atomic E-state index is 13.9. The Hall–Kier alpha value is -3.19. The monoisotopic (exact) mass is 463 g/mol. The third-order valence-electron chi connectivity index (χ3n) is 6.25. The summed E-state index contributed by atoms with van der Waals surface area (Å²) in [7, 11) is 2.14. The van der Waals surface area contributed by atoms with Crippen LogP contribution in [0, 0.1) is 18.7 Å². The van der Waals surface area contributed by atoms with Crippen molar-refractivity contribution in [2.45, 2.75) is 27.3 Å². The minimum Gasteiger partial charge on any atom is -0.354 e. The van der Waals surface area contributed by atoms with Crippen LogP contribution in [-0.2, 0) is 6.54 Å². The van der Waals surface area contributed by atoms with Gasteiger partial charge in [-0.05, 0) is 50.2 Å². The summed E-state index contributed by atoms with van der Waals surface area (Å²) in [5.41, 5.74) is 3.31. The molecule has 1 aromatic heterocycles. The lowest BCUT2D eigenvalue weighted by molar-refractivity contribution is 0.0722. The maximum absolute atomic E-state index is 13.9. The number of aromatic nitrogens is 2. The number of piperazine rings is 1. The fraction of sp³-hybridized carbons (Fsp3) is 0.407. The molecule has 34 heavy (non-hydrogen) atoms. The molecule has 1 aliphatic rings. The van der Waals surface area contributed by atoms with Crippen molar-refractivity contribution in [3.8, 4) is 5.69 Å². The van der Waals surface area contributed by atoms with Crippen LogP contribution >= 0.6 is 0 Å². The van der Waals surface area contributed by atoms with Gasteiger partial charge in [-0.1, -0.05) is 38.1 Å². The van der Waals surface area contributed by atoms with Crippen LogP contribution in [0.1, 0.15) is 35.5 Å². The normalized spacial score (nSPS) is 14.6. The molecule has 1 amide bonds. The second-order valence-electron chi connectivity index (χ2n) is 9.52. The van der Waals surface area contributed by atoms with Crippen LogP contribution in [0.15, 0.2) is 54.6 Å². The Morgan fingerprint density at radius 2 is 1.76 bits per heavy atom. The molecule has 2 aromatic carbocycles.